The van der Waals surface area contributed by atoms with Crippen LogP contribution in [0.2, 0.25) is 0 Å². The second-order valence-corrected chi connectivity index (χ2v) is 2.24. The van der Waals surface area contributed by atoms with E-state index in [0.717, 1.165) is 0 Å². The molecule has 0 aromatic heterocycles. The first kappa shape index (κ1) is 9.57. The Morgan fingerprint density at radius 1 is 1.08 bits per heavy atom. The number of rotatable bonds is 1. The third-order valence-electron chi connectivity index (χ3n) is 1.25. The second kappa shape index (κ2) is 6.05. The van der Waals surface area contributed by atoms with E-state index in [1.54, 1.807) is 0 Å². The maximum absolute atomic E-state index is 8.28. The molecule has 0 radical (unpaired) electrons. The van der Waals surface area contributed by atoms with E-state index in [-0.39, 0.29) is 6.61 Å². The minimum absolute atomic E-state index is 0.0833. The summed E-state index contributed by atoms with van der Waals surface area (Å²) in [6.45, 7) is -0.0833. The fourth-order valence-electron chi connectivity index (χ4n) is 0.638. The maximum atomic E-state index is 8.28. The summed E-state index contributed by atoms with van der Waals surface area (Å²) in [4.78, 5) is 8.36. The zero-order valence-corrected chi connectivity index (χ0v) is 7.01. The lowest BCUT2D eigenvalue weighted by molar-refractivity contribution is -0.266. The molecule has 1 aromatic rings. The molecule has 0 spiro atoms. The van der Waals surface area contributed by atoms with Gasteiger partial charge in [0, 0.05) is 0 Å². The Balaban J connectivity index is 0.000000132. The molecule has 70 valence electrons. The van der Waals surface area contributed by atoms with Crippen LogP contribution in [0.5, 0.6) is 0 Å². The molecule has 0 fully saturated rings. The van der Waals surface area contributed by atoms with E-state index >= 15 is 0 Å². The first-order valence-corrected chi connectivity index (χ1v) is 3.81. The molecule has 0 aliphatic carbocycles. The van der Waals surface area contributed by atoms with Gasteiger partial charge in [-0.25, -0.2) is 5.48 Å². The lowest BCUT2D eigenvalue weighted by Gasteiger charge is -1.89. The maximum Gasteiger partial charge on any atom is 0.156 e. The molecule has 4 nitrogen and oxygen atoms in total. The van der Waals surface area contributed by atoms with Gasteiger partial charge in [-0.15, -0.1) is 0 Å². The topological polar surface area (TPSA) is 50.7 Å². The molecule has 0 amide bonds. The van der Waals surface area contributed by atoms with Crippen LogP contribution in [0.4, 0.5) is 0 Å². The normalized spacial score (nSPS) is 13.2. The molecule has 13 heavy (non-hydrogen) atoms. The summed E-state index contributed by atoms with van der Waals surface area (Å²) in [7, 11) is 0. The Bertz CT molecular complexity index is 222. The molecule has 0 unspecified atom stereocenters. The van der Waals surface area contributed by atoms with E-state index in [1.807, 2.05) is 36.4 Å². The van der Waals surface area contributed by atoms with Gasteiger partial charge in [0.05, 0.1) is 6.61 Å². The minimum atomic E-state index is -0.0833. The summed E-state index contributed by atoms with van der Waals surface area (Å²) in [6.07, 6.45) is 1.29. The third-order valence-corrected chi connectivity index (χ3v) is 1.25. The predicted molar refractivity (Wildman–Crippen MR) is 46.9 cm³/mol. The van der Waals surface area contributed by atoms with Crippen molar-refractivity contribution in [3.05, 3.63) is 48.4 Å². The van der Waals surface area contributed by atoms with E-state index < -0.39 is 0 Å². The minimum Gasteiger partial charge on any atom is -0.390 e. The van der Waals surface area contributed by atoms with Gasteiger partial charge in [-0.05, 0) is 0 Å². The molecule has 1 aromatic carbocycles. The van der Waals surface area contributed by atoms with Crippen LogP contribution in [0.3, 0.4) is 0 Å². The third kappa shape index (κ3) is 4.15. The van der Waals surface area contributed by atoms with Crippen LogP contribution < -0.4 is 5.48 Å². The van der Waals surface area contributed by atoms with Gasteiger partial charge in [-0.1, -0.05) is 41.4 Å². The molecule has 1 heterocycles. The van der Waals surface area contributed by atoms with Crippen LogP contribution in [0.1, 0.15) is 0 Å². The average Bonchev–Trinajstić information content (AvgIpc) is 2.74. The fraction of sp³-hybridized carbons (Fsp3) is 0.111. The van der Waals surface area contributed by atoms with Gasteiger partial charge in [0.1, 0.15) is 5.70 Å². The molecule has 1 aliphatic heterocycles. The van der Waals surface area contributed by atoms with Gasteiger partial charge < -0.3 is 9.99 Å². The largest absolute Gasteiger partial charge is 0.390 e. The Kier molecular flexibility index (Phi) is 4.45. The zero-order valence-electron chi connectivity index (χ0n) is 7.01. The van der Waals surface area contributed by atoms with Crippen molar-refractivity contribution in [1.82, 2.24) is 5.48 Å². The van der Waals surface area contributed by atoms with E-state index in [1.165, 1.54) is 6.26 Å². The van der Waals surface area contributed by atoms with Crippen LogP contribution in [0, 0.1) is 0 Å². The highest BCUT2D eigenvalue weighted by Gasteiger charge is 2.00. The number of hydroxylamine groups is 1. The monoisotopic (exact) mass is 181 g/mol. The number of nitrogens with one attached hydrogen (secondary N) is 1. The summed E-state index contributed by atoms with van der Waals surface area (Å²) < 4.78 is 0. The highest BCUT2D eigenvalue weighted by Crippen LogP contribution is 1.95. The molecule has 0 saturated carbocycles. The molecule has 1 aliphatic rings. The number of hydrogen-bond acceptors (Lipinski definition) is 4. The van der Waals surface area contributed by atoms with Gasteiger partial charge >= 0.3 is 0 Å². The van der Waals surface area contributed by atoms with Crippen molar-refractivity contribution < 1.29 is 15.0 Å². The molecule has 4 heteroatoms. The second-order valence-electron chi connectivity index (χ2n) is 2.24. The molecule has 2 N–H and O–H groups in total. The zero-order chi connectivity index (χ0) is 9.36. The van der Waals surface area contributed by atoms with Crippen molar-refractivity contribution in [3.8, 4) is 0 Å². The SMILES string of the molecule is OCC1=COON1.c1ccccc1. The Morgan fingerprint density at radius 3 is 1.85 bits per heavy atom. The van der Waals surface area contributed by atoms with Crippen molar-refractivity contribution >= 4 is 0 Å². The Morgan fingerprint density at radius 2 is 1.62 bits per heavy atom. The van der Waals surface area contributed by atoms with Gasteiger partial charge in [-0.3, -0.25) is 0 Å². The van der Waals surface area contributed by atoms with Crippen LogP contribution >= 0.6 is 0 Å². The van der Waals surface area contributed by atoms with Crippen LogP contribution in [0.15, 0.2) is 48.4 Å². The Labute approximate surface area is 76.3 Å². The molecule has 2 rings (SSSR count). The van der Waals surface area contributed by atoms with Crippen LogP contribution in [0.25, 0.3) is 0 Å². The van der Waals surface area contributed by atoms with Gasteiger partial charge in [0.2, 0.25) is 0 Å². The van der Waals surface area contributed by atoms with Crippen LogP contribution in [-0.2, 0) is 9.88 Å². The highest BCUT2D eigenvalue weighted by atomic mass is 17.3. The average molecular weight is 181 g/mol. The number of aliphatic hydroxyl groups excluding tert-OH is 1. The highest BCUT2D eigenvalue weighted by molar-refractivity contribution is 4.99. The fourth-order valence-corrected chi connectivity index (χ4v) is 0.638. The van der Waals surface area contributed by atoms with E-state index in [4.69, 9.17) is 5.11 Å². The number of aliphatic hydroxyl groups is 1. The molecule has 0 saturated heterocycles. The standard InChI is InChI=1S/C6H6.C3H5NO3/c1-2-4-6-5-3-1;5-1-3-2-6-7-4-3/h1-6H;2,4-5H,1H2. The van der Waals surface area contributed by atoms with Crippen molar-refractivity contribution in [2.24, 2.45) is 0 Å². The molecule has 0 bridgehead atoms. The first-order chi connectivity index (χ1) is 6.43. The molecular weight excluding hydrogens is 170 g/mol. The van der Waals surface area contributed by atoms with E-state index in [2.05, 4.69) is 15.4 Å². The van der Waals surface area contributed by atoms with Crippen molar-refractivity contribution in [2.75, 3.05) is 6.61 Å². The predicted octanol–water partition coefficient (Wildman–Crippen LogP) is 0.973. The summed E-state index contributed by atoms with van der Waals surface area (Å²) in [5.74, 6) is 0. The summed E-state index contributed by atoms with van der Waals surface area (Å²) in [6, 6.07) is 12.0. The molecule has 0 atom stereocenters. The van der Waals surface area contributed by atoms with Gasteiger partial charge in [0.25, 0.3) is 0 Å². The summed E-state index contributed by atoms with van der Waals surface area (Å²) in [5.41, 5.74) is 2.82. The Hall–Kier alpha value is -1.52. The lowest BCUT2D eigenvalue weighted by Crippen LogP contribution is -2.07. The summed E-state index contributed by atoms with van der Waals surface area (Å²) >= 11 is 0. The number of benzene rings is 1. The van der Waals surface area contributed by atoms with Crippen molar-refractivity contribution in [3.63, 3.8) is 0 Å². The lowest BCUT2D eigenvalue weighted by atomic mass is 10.4. The van der Waals surface area contributed by atoms with Crippen molar-refractivity contribution in [1.29, 1.82) is 0 Å². The quantitative estimate of drug-likeness (QED) is 0.634. The smallest absolute Gasteiger partial charge is 0.156 e. The van der Waals surface area contributed by atoms with Gasteiger partial charge in [0.15, 0.2) is 6.26 Å². The van der Waals surface area contributed by atoms with E-state index in [9.17, 15) is 0 Å². The van der Waals surface area contributed by atoms with Crippen LogP contribution in [-0.4, -0.2) is 11.7 Å². The van der Waals surface area contributed by atoms with E-state index in [0.29, 0.717) is 5.70 Å². The number of hydrogen-bond donors (Lipinski definition) is 2. The van der Waals surface area contributed by atoms with Crippen molar-refractivity contribution in [2.45, 2.75) is 0 Å². The summed E-state index contributed by atoms with van der Waals surface area (Å²) in [5, 5.41) is 8.28. The first-order valence-electron chi connectivity index (χ1n) is 3.81. The molecular formula is C9H11NO3. The van der Waals surface area contributed by atoms with Gasteiger partial charge in [-0.2, -0.15) is 0 Å².